The quantitative estimate of drug-likeness (QED) is 0.740. The smallest absolute Gasteiger partial charge is 0.213 e. The van der Waals surface area contributed by atoms with Crippen LogP contribution in [0, 0.1) is 11.8 Å². The maximum Gasteiger partial charge on any atom is 0.213 e. The van der Waals surface area contributed by atoms with Crippen LogP contribution in [0.2, 0.25) is 0 Å². The van der Waals surface area contributed by atoms with E-state index >= 15 is 0 Å². The zero-order valence-corrected chi connectivity index (χ0v) is 8.73. The van der Waals surface area contributed by atoms with Gasteiger partial charge in [-0.3, -0.25) is 0 Å². The van der Waals surface area contributed by atoms with Gasteiger partial charge in [0.15, 0.2) is 5.82 Å². The van der Waals surface area contributed by atoms with Gasteiger partial charge in [-0.1, -0.05) is 19.0 Å². The van der Waals surface area contributed by atoms with Crippen LogP contribution in [0.25, 0.3) is 0 Å². The molecule has 1 aromatic rings. The third-order valence-corrected chi connectivity index (χ3v) is 3.46. The van der Waals surface area contributed by atoms with Gasteiger partial charge in [0, 0.05) is 0 Å². The number of hydrogen-bond acceptors (Lipinski definition) is 4. The van der Waals surface area contributed by atoms with Crippen LogP contribution in [0.5, 0.6) is 0 Å². The molecule has 1 fully saturated rings. The number of nitrogens with zero attached hydrogens (tertiary/aromatic N) is 2. The fraction of sp³-hybridized carbons (Fsp3) is 0.800. The SMILES string of the molecule is CC1CCC(N)(c2ncon2)C(C)C1. The van der Waals surface area contributed by atoms with Gasteiger partial charge < -0.3 is 10.3 Å². The molecule has 1 saturated carbocycles. The molecule has 0 bridgehead atoms. The maximum absolute atomic E-state index is 6.35. The normalized spacial score (nSPS) is 38.5. The third-order valence-electron chi connectivity index (χ3n) is 3.46. The summed E-state index contributed by atoms with van der Waals surface area (Å²) in [5.74, 6) is 1.84. The van der Waals surface area contributed by atoms with Crippen molar-refractivity contribution < 1.29 is 4.52 Å². The standard InChI is InChI=1S/C10H17N3O/c1-7-3-4-10(11,8(2)5-7)9-12-6-14-13-9/h6-8H,3-5,11H2,1-2H3. The fourth-order valence-corrected chi connectivity index (χ4v) is 2.37. The molecule has 0 aromatic carbocycles. The van der Waals surface area contributed by atoms with E-state index in [9.17, 15) is 0 Å². The Morgan fingerprint density at radius 1 is 1.57 bits per heavy atom. The second-order valence-corrected chi connectivity index (χ2v) is 4.58. The van der Waals surface area contributed by atoms with Crippen LogP contribution in [0.4, 0.5) is 0 Å². The van der Waals surface area contributed by atoms with E-state index in [0.29, 0.717) is 11.7 Å². The highest BCUT2D eigenvalue weighted by Gasteiger charge is 2.41. The largest absolute Gasteiger partial charge is 0.343 e. The van der Waals surface area contributed by atoms with Gasteiger partial charge >= 0.3 is 0 Å². The number of aromatic nitrogens is 2. The minimum atomic E-state index is -0.375. The molecule has 2 rings (SSSR count). The molecule has 1 heterocycles. The number of rotatable bonds is 1. The van der Waals surface area contributed by atoms with Crippen molar-refractivity contribution in [2.75, 3.05) is 0 Å². The lowest BCUT2D eigenvalue weighted by molar-refractivity contribution is 0.152. The van der Waals surface area contributed by atoms with Crippen molar-refractivity contribution in [3.05, 3.63) is 12.2 Å². The van der Waals surface area contributed by atoms with E-state index in [2.05, 4.69) is 24.0 Å². The Bertz CT molecular complexity index is 298. The number of nitrogens with two attached hydrogens (primary N) is 1. The highest BCUT2D eigenvalue weighted by atomic mass is 16.5. The molecule has 1 aliphatic carbocycles. The molecule has 0 amide bonds. The van der Waals surface area contributed by atoms with Gasteiger partial charge in [0.2, 0.25) is 6.39 Å². The summed E-state index contributed by atoms with van der Waals surface area (Å²) in [5, 5.41) is 3.88. The molecule has 4 heteroatoms. The molecule has 3 atom stereocenters. The van der Waals surface area contributed by atoms with Crippen molar-refractivity contribution in [3.8, 4) is 0 Å². The predicted molar refractivity (Wildman–Crippen MR) is 52.3 cm³/mol. The molecular weight excluding hydrogens is 178 g/mol. The Morgan fingerprint density at radius 2 is 2.36 bits per heavy atom. The highest BCUT2D eigenvalue weighted by molar-refractivity contribution is 5.06. The first-order valence-electron chi connectivity index (χ1n) is 5.18. The van der Waals surface area contributed by atoms with Crippen molar-refractivity contribution in [3.63, 3.8) is 0 Å². The van der Waals surface area contributed by atoms with Gasteiger partial charge in [0.25, 0.3) is 0 Å². The summed E-state index contributed by atoms with van der Waals surface area (Å²) in [6, 6.07) is 0. The van der Waals surface area contributed by atoms with E-state index in [0.717, 1.165) is 25.2 Å². The molecule has 78 valence electrons. The first-order valence-corrected chi connectivity index (χ1v) is 5.18. The minimum absolute atomic E-state index is 0.375. The van der Waals surface area contributed by atoms with E-state index in [-0.39, 0.29) is 5.54 Å². The molecule has 3 unspecified atom stereocenters. The Morgan fingerprint density at radius 3 is 2.93 bits per heavy atom. The maximum atomic E-state index is 6.35. The van der Waals surface area contributed by atoms with Crippen LogP contribution in [0.1, 0.15) is 38.9 Å². The van der Waals surface area contributed by atoms with Crippen LogP contribution in [0.3, 0.4) is 0 Å². The van der Waals surface area contributed by atoms with Gasteiger partial charge in [-0.2, -0.15) is 4.98 Å². The Labute approximate surface area is 83.9 Å². The van der Waals surface area contributed by atoms with E-state index in [1.54, 1.807) is 0 Å². The zero-order chi connectivity index (χ0) is 10.2. The first kappa shape index (κ1) is 9.65. The van der Waals surface area contributed by atoms with E-state index < -0.39 is 0 Å². The van der Waals surface area contributed by atoms with Gasteiger partial charge in [-0.05, 0) is 31.1 Å². The minimum Gasteiger partial charge on any atom is -0.343 e. The van der Waals surface area contributed by atoms with E-state index in [1.807, 2.05) is 0 Å². The van der Waals surface area contributed by atoms with Crippen molar-refractivity contribution >= 4 is 0 Å². The van der Waals surface area contributed by atoms with Crippen LogP contribution < -0.4 is 5.73 Å². The summed E-state index contributed by atoms with van der Waals surface area (Å²) >= 11 is 0. The van der Waals surface area contributed by atoms with Crippen molar-refractivity contribution in [2.45, 2.75) is 38.6 Å². The summed E-state index contributed by atoms with van der Waals surface area (Å²) < 4.78 is 4.77. The molecule has 14 heavy (non-hydrogen) atoms. The highest BCUT2D eigenvalue weighted by Crippen LogP contribution is 2.40. The van der Waals surface area contributed by atoms with Crippen molar-refractivity contribution in [1.82, 2.24) is 10.1 Å². The molecule has 0 aliphatic heterocycles. The number of hydrogen-bond donors (Lipinski definition) is 1. The zero-order valence-electron chi connectivity index (χ0n) is 8.73. The van der Waals surface area contributed by atoms with Crippen LogP contribution in [-0.4, -0.2) is 10.1 Å². The molecule has 0 radical (unpaired) electrons. The van der Waals surface area contributed by atoms with Gasteiger partial charge in [0.1, 0.15) is 0 Å². The molecule has 1 aromatic heterocycles. The predicted octanol–water partition coefficient (Wildman–Crippen LogP) is 1.68. The molecular formula is C10H17N3O. The summed E-state index contributed by atoms with van der Waals surface area (Å²) in [5.41, 5.74) is 5.97. The topological polar surface area (TPSA) is 64.9 Å². The van der Waals surface area contributed by atoms with Crippen molar-refractivity contribution in [1.29, 1.82) is 0 Å². The average Bonchev–Trinajstić information content (AvgIpc) is 2.65. The molecule has 4 nitrogen and oxygen atoms in total. The van der Waals surface area contributed by atoms with E-state index in [4.69, 9.17) is 10.3 Å². The Hall–Kier alpha value is -0.900. The lowest BCUT2D eigenvalue weighted by Gasteiger charge is -2.39. The van der Waals surface area contributed by atoms with Gasteiger partial charge in [-0.15, -0.1) is 0 Å². The summed E-state index contributed by atoms with van der Waals surface area (Å²) in [7, 11) is 0. The fourth-order valence-electron chi connectivity index (χ4n) is 2.37. The summed E-state index contributed by atoms with van der Waals surface area (Å²) in [6.07, 6.45) is 4.60. The summed E-state index contributed by atoms with van der Waals surface area (Å²) in [6.45, 7) is 4.44. The third kappa shape index (κ3) is 1.43. The second-order valence-electron chi connectivity index (χ2n) is 4.58. The van der Waals surface area contributed by atoms with Crippen molar-refractivity contribution in [2.24, 2.45) is 17.6 Å². The lowest BCUT2D eigenvalue weighted by Crippen LogP contribution is -2.47. The van der Waals surface area contributed by atoms with E-state index in [1.165, 1.54) is 6.39 Å². The average molecular weight is 195 g/mol. The Kier molecular flexibility index (Phi) is 2.31. The molecule has 1 aliphatic rings. The van der Waals surface area contributed by atoms with Gasteiger partial charge in [0.05, 0.1) is 5.54 Å². The lowest BCUT2D eigenvalue weighted by atomic mass is 9.70. The monoisotopic (exact) mass is 195 g/mol. The molecule has 0 spiro atoms. The van der Waals surface area contributed by atoms with Crippen LogP contribution >= 0.6 is 0 Å². The molecule has 0 saturated heterocycles. The second kappa shape index (κ2) is 3.35. The summed E-state index contributed by atoms with van der Waals surface area (Å²) in [4.78, 5) is 4.08. The van der Waals surface area contributed by atoms with Gasteiger partial charge in [-0.25, -0.2) is 0 Å². The Balaban J connectivity index is 2.23. The van der Waals surface area contributed by atoms with Crippen LogP contribution in [0.15, 0.2) is 10.9 Å². The van der Waals surface area contributed by atoms with Crippen LogP contribution in [-0.2, 0) is 5.54 Å². The first-order chi connectivity index (χ1) is 6.63. The molecule has 2 N–H and O–H groups in total.